The molecule has 1 aliphatic rings. The van der Waals surface area contributed by atoms with Crippen molar-refractivity contribution >= 4 is 17.4 Å². The normalized spacial score (nSPS) is 13.5. The fourth-order valence-corrected chi connectivity index (χ4v) is 3.27. The molecule has 30 heavy (non-hydrogen) atoms. The van der Waals surface area contributed by atoms with E-state index in [0.29, 0.717) is 41.8 Å². The van der Waals surface area contributed by atoms with E-state index >= 15 is 0 Å². The lowest BCUT2D eigenvalue weighted by molar-refractivity contribution is -0.120. The van der Waals surface area contributed by atoms with Crippen LogP contribution in [0.15, 0.2) is 43.0 Å². The third-order valence-corrected chi connectivity index (χ3v) is 4.89. The van der Waals surface area contributed by atoms with Crippen LogP contribution in [0, 0.1) is 5.92 Å². The molecule has 4 rings (SSSR count). The van der Waals surface area contributed by atoms with E-state index < -0.39 is 0 Å². The molecule has 2 aromatic heterocycles. The molecule has 0 atom stereocenters. The molecule has 3 aromatic rings. The minimum Gasteiger partial charge on any atom is -0.493 e. The van der Waals surface area contributed by atoms with E-state index in [4.69, 9.17) is 14.2 Å². The molecule has 1 aromatic carbocycles. The van der Waals surface area contributed by atoms with Crippen molar-refractivity contribution < 1.29 is 19.0 Å². The summed E-state index contributed by atoms with van der Waals surface area (Å²) >= 11 is 0. The third-order valence-electron chi connectivity index (χ3n) is 4.89. The number of carbonyl (C=O) groups is 1. The zero-order valence-electron chi connectivity index (χ0n) is 16.9. The van der Waals surface area contributed by atoms with E-state index in [9.17, 15) is 4.79 Å². The van der Waals surface area contributed by atoms with Crippen LogP contribution in [0.4, 0.5) is 11.5 Å². The molecule has 0 radical (unpaired) electrons. The maximum absolute atomic E-state index is 12.7. The summed E-state index contributed by atoms with van der Waals surface area (Å²) in [6.07, 6.45) is 5.00. The molecule has 1 fully saturated rings. The van der Waals surface area contributed by atoms with Crippen molar-refractivity contribution in [1.29, 1.82) is 0 Å². The SMILES string of the molecule is COc1cc(NC(=O)C2CN(c3cc(-n4cccn4)ncn3)C2)cc(OC)c1OC. The van der Waals surface area contributed by atoms with Crippen LogP contribution >= 0.6 is 0 Å². The number of aromatic nitrogens is 4. The van der Waals surface area contributed by atoms with Crippen LogP contribution in [0.1, 0.15) is 0 Å². The fourth-order valence-electron chi connectivity index (χ4n) is 3.27. The lowest BCUT2D eigenvalue weighted by atomic mass is 9.99. The monoisotopic (exact) mass is 410 g/mol. The number of nitrogens with one attached hydrogen (secondary N) is 1. The molecule has 0 aliphatic carbocycles. The van der Waals surface area contributed by atoms with Gasteiger partial charge in [0.2, 0.25) is 11.7 Å². The number of hydrogen-bond acceptors (Lipinski definition) is 8. The van der Waals surface area contributed by atoms with Crippen LogP contribution in [-0.4, -0.2) is 60.1 Å². The number of methoxy groups -OCH3 is 3. The molecule has 10 nitrogen and oxygen atoms in total. The first kappa shape index (κ1) is 19.5. The summed E-state index contributed by atoms with van der Waals surface area (Å²) in [6.45, 7) is 1.12. The van der Waals surface area contributed by atoms with Gasteiger partial charge in [-0.25, -0.2) is 14.6 Å². The Bertz CT molecular complexity index is 1010. The van der Waals surface area contributed by atoms with Gasteiger partial charge in [0.25, 0.3) is 0 Å². The molecule has 1 amide bonds. The molecule has 1 saturated heterocycles. The van der Waals surface area contributed by atoms with Gasteiger partial charge in [-0.2, -0.15) is 5.10 Å². The Hall–Kier alpha value is -3.82. The second kappa shape index (κ2) is 8.27. The first-order valence-electron chi connectivity index (χ1n) is 9.30. The largest absolute Gasteiger partial charge is 0.493 e. The van der Waals surface area contributed by atoms with Crippen molar-refractivity contribution in [1.82, 2.24) is 19.7 Å². The molecule has 10 heteroatoms. The Morgan fingerprint density at radius 3 is 2.33 bits per heavy atom. The molecule has 1 N–H and O–H groups in total. The lowest BCUT2D eigenvalue weighted by Crippen LogP contribution is -2.52. The Balaban J connectivity index is 1.41. The van der Waals surface area contributed by atoms with Gasteiger partial charge in [0.1, 0.15) is 12.1 Å². The van der Waals surface area contributed by atoms with Crippen LogP contribution in [0.5, 0.6) is 17.2 Å². The van der Waals surface area contributed by atoms with Gasteiger partial charge in [-0.15, -0.1) is 0 Å². The topological polar surface area (TPSA) is 104 Å². The number of ether oxygens (including phenoxy) is 3. The number of amides is 1. The van der Waals surface area contributed by atoms with Gasteiger partial charge in [0.05, 0.1) is 27.2 Å². The Morgan fingerprint density at radius 1 is 1.03 bits per heavy atom. The first-order valence-corrected chi connectivity index (χ1v) is 9.30. The van der Waals surface area contributed by atoms with Crippen LogP contribution in [0.3, 0.4) is 0 Å². The number of rotatable bonds is 7. The van der Waals surface area contributed by atoms with Gasteiger partial charge in [-0.3, -0.25) is 4.79 Å². The summed E-state index contributed by atoms with van der Waals surface area (Å²) in [6, 6.07) is 7.09. The van der Waals surface area contributed by atoms with E-state index in [1.807, 2.05) is 23.2 Å². The van der Waals surface area contributed by atoms with Crippen molar-refractivity contribution in [3.63, 3.8) is 0 Å². The molecule has 3 heterocycles. The highest BCUT2D eigenvalue weighted by molar-refractivity contribution is 5.95. The highest BCUT2D eigenvalue weighted by Gasteiger charge is 2.34. The molecule has 1 aliphatic heterocycles. The molecular formula is C20H22N6O4. The lowest BCUT2D eigenvalue weighted by Gasteiger charge is -2.39. The van der Waals surface area contributed by atoms with Crippen molar-refractivity contribution in [2.45, 2.75) is 0 Å². The molecule has 156 valence electrons. The zero-order valence-corrected chi connectivity index (χ0v) is 16.9. The molecule has 0 spiro atoms. The van der Waals surface area contributed by atoms with Crippen molar-refractivity contribution in [3.05, 3.63) is 43.0 Å². The minimum atomic E-state index is -0.160. The first-order chi connectivity index (χ1) is 14.6. The van der Waals surface area contributed by atoms with Gasteiger partial charge >= 0.3 is 0 Å². The third kappa shape index (κ3) is 3.71. The van der Waals surface area contributed by atoms with Crippen molar-refractivity contribution in [2.24, 2.45) is 5.92 Å². The number of nitrogens with zero attached hydrogens (tertiary/aromatic N) is 5. The predicted octanol–water partition coefficient (Wildman–Crippen LogP) is 1.76. The number of benzene rings is 1. The van der Waals surface area contributed by atoms with E-state index in [1.165, 1.54) is 27.7 Å². The maximum atomic E-state index is 12.7. The summed E-state index contributed by atoms with van der Waals surface area (Å²) in [5.74, 6) is 2.63. The average Bonchev–Trinajstić information content (AvgIpc) is 3.27. The van der Waals surface area contributed by atoms with Gasteiger partial charge in [-0.1, -0.05) is 0 Å². The van der Waals surface area contributed by atoms with Gasteiger partial charge in [-0.05, 0) is 6.07 Å². The van der Waals surface area contributed by atoms with Crippen molar-refractivity contribution in [3.8, 4) is 23.1 Å². The zero-order chi connectivity index (χ0) is 21.1. The molecule has 0 saturated carbocycles. The maximum Gasteiger partial charge on any atom is 0.231 e. The Morgan fingerprint density at radius 2 is 1.73 bits per heavy atom. The van der Waals surface area contributed by atoms with E-state index in [1.54, 1.807) is 23.0 Å². The highest BCUT2D eigenvalue weighted by Crippen LogP contribution is 2.40. The second-order valence-corrected chi connectivity index (χ2v) is 6.69. The second-order valence-electron chi connectivity index (χ2n) is 6.69. The minimum absolute atomic E-state index is 0.0816. The fraction of sp³-hybridized carbons (Fsp3) is 0.300. The highest BCUT2D eigenvalue weighted by atomic mass is 16.5. The van der Waals surface area contributed by atoms with Crippen LogP contribution < -0.4 is 24.4 Å². The van der Waals surface area contributed by atoms with Crippen LogP contribution in [0.2, 0.25) is 0 Å². The summed E-state index contributed by atoms with van der Waals surface area (Å²) in [7, 11) is 4.60. The van der Waals surface area contributed by atoms with E-state index in [0.717, 1.165) is 5.82 Å². The van der Waals surface area contributed by atoms with Gasteiger partial charge in [0, 0.05) is 49.4 Å². The van der Waals surface area contributed by atoms with Gasteiger partial charge in [0.15, 0.2) is 17.3 Å². The summed E-state index contributed by atoms with van der Waals surface area (Å²) in [5, 5.41) is 7.10. The summed E-state index contributed by atoms with van der Waals surface area (Å²) in [4.78, 5) is 23.2. The average molecular weight is 410 g/mol. The molecule has 0 unspecified atom stereocenters. The van der Waals surface area contributed by atoms with E-state index in [2.05, 4.69) is 20.4 Å². The predicted molar refractivity (Wildman–Crippen MR) is 110 cm³/mol. The smallest absolute Gasteiger partial charge is 0.231 e. The summed E-state index contributed by atoms with van der Waals surface area (Å²) in [5.41, 5.74) is 0.580. The Kier molecular flexibility index (Phi) is 5.38. The Labute approximate surface area is 173 Å². The molecular weight excluding hydrogens is 388 g/mol. The summed E-state index contributed by atoms with van der Waals surface area (Å²) < 4.78 is 17.6. The number of carbonyl (C=O) groups excluding carboxylic acids is 1. The number of anilines is 2. The van der Waals surface area contributed by atoms with Gasteiger partial charge < -0.3 is 24.4 Å². The molecule has 0 bridgehead atoms. The van der Waals surface area contributed by atoms with E-state index in [-0.39, 0.29) is 11.8 Å². The van der Waals surface area contributed by atoms with Crippen molar-refractivity contribution in [2.75, 3.05) is 44.6 Å². The number of hydrogen-bond donors (Lipinski definition) is 1. The quantitative estimate of drug-likeness (QED) is 0.629. The standard InChI is InChI=1S/C20H22N6O4/c1-28-15-7-14(8-16(29-2)19(15)30-3)24-20(27)13-10-25(11-13)17-9-18(22-12-21-17)26-6-4-5-23-26/h4-9,12-13H,10-11H2,1-3H3,(H,24,27). The van der Waals surface area contributed by atoms with Crippen LogP contribution in [0.25, 0.3) is 5.82 Å². The van der Waals surface area contributed by atoms with Crippen LogP contribution in [-0.2, 0) is 4.79 Å².